The van der Waals surface area contributed by atoms with Crippen molar-refractivity contribution in [2.24, 2.45) is 0 Å². The summed E-state index contributed by atoms with van der Waals surface area (Å²) in [5.74, 6) is 0.410. The fraction of sp³-hybridized carbons (Fsp3) is 0.318. The van der Waals surface area contributed by atoms with E-state index in [0.29, 0.717) is 23.5 Å². The van der Waals surface area contributed by atoms with Crippen LogP contribution in [0.3, 0.4) is 0 Å². The van der Waals surface area contributed by atoms with Gasteiger partial charge in [0.15, 0.2) is 9.84 Å². The van der Waals surface area contributed by atoms with Crippen LogP contribution in [0, 0.1) is 0 Å². The molecule has 1 aromatic heterocycles. The Hall–Kier alpha value is -3.20. The number of ether oxygens (including phenoxy) is 1. The molecular formula is C22H25N3O5S. The maximum Gasteiger partial charge on any atom is 0.322 e. The smallest absolute Gasteiger partial charge is 0.322 e. The number of rotatable bonds is 10. The average molecular weight is 444 g/mol. The number of nitrogens with one attached hydrogen (secondary N) is 1. The van der Waals surface area contributed by atoms with Crippen molar-refractivity contribution in [3.63, 3.8) is 0 Å². The number of anilines is 1. The van der Waals surface area contributed by atoms with Crippen molar-refractivity contribution < 1.29 is 22.4 Å². The first-order chi connectivity index (χ1) is 14.9. The van der Waals surface area contributed by atoms with E-state index < -0.39 is 15.7 Å². The van der Waals surface area contributed by atoms with Gasteiger partial charge >= 0.3 is 6.01 Å². The van der Waals surface area contributed by atoms with Gasteiger partial charge in [0.05, 0.1) is 17.3 Å². The third-order valence-electron chi connectivity index (χ3n) is 4.60. The molecule has 0 aliphatic rings. The average Bonchev–Trinajstić information content (AvgIpc) is 3.25. The Kier molecular flexibility index (Phi) is 7.41. The lowest BCUT2D eigenvalue weighted by atomic mass is 10.2. The molecule has 0 radical (unpaired) electrons. The molecule has 0 unspecified atom stereocenters. The fourth-order valence-electron chi connectivity index (χ4n) is 2.80. The predicted octanol–water partition coefficient (Wildman–Crippen LogP) is 4.35. The number of sulfone groups is 1. The molecule has 0 aliphatic carbocycles. The maximum absolute atomic E-state index is 12.5. The first-order valence-electron chi connectivity index (χ1n) is 10.1. The molecular weight excluding hydrogens is 418 g/mol. The second-order valence-corrected chi connectivity index (χ2v) is 9.16. The van der Waals surface area contributed by atoms with E-state index in [1.165, 1.54) is 12.1 Å². The molecule has 1 amide bonds. The van der Waals surface area contributed by atoms with Gasteiger partial charge in [0.1, 0.15) is 5.75 Å². The zero-order chi connectivity index (χ0) is 22.3. The van der Waals surface area contributed by atoms with Gasteiger partial charge in [0, 0.05) is 11.1 Å². The maximum atomic E-state index is 12.5. The molecule has 1 heterocycles. The second kappa shape index (κ2) is 10.2. The zero-order valence-electron chi connectivity index (χ0n) is 17.5. The van der Waals surface area contributed by atoms with Crippen molar-refractivity contribution in [2.75, 3.05) is 17.7 Å². The topological polar surface area (TPSA) is 111 Å². The summed E-state index contributed by atoms with van der Waals surface area (Å²) in [7, 11) is -3.29. The fourth-order valence-corrected chi connectivity index (χ4v) is 3.68. The van der Waals surface area contributed by atoms with Crippen LogP contribution in [0.5, 0.6) is 5.75 Å². The van der Waals surface area contributed by atoms with Crippen molar-refractivity contribution in [1.82, 2.24) is 10.2 Å². The second-order valence-electron chi connectivity index (χ2n) is 6.88. The highest BCUT2D eigenvalue weighted by molar-refractivity contribution is 7.91. The normalized spacial score (nSPS) is 11.3. The number of benzene rings is 2. The highest BCUT2D eigenvalue weighted by Crippen LogP contribution is 2.23. The van der Waals surface area contributed by atoms with Crippen molar-refractivity contribution in [1.29, 1.82) is 0 Å². The Labute approximate surface area is 181 Å². The lowest BCUT2D eigenvalue weighted by molar-refractivity contribution is 0.102. The van der Waals surface area contributed by atoms with Gasteiger partial charge in [-0.3, -0.25) is 10.1 Å². The molecule has 0 bridgehead atoms. The molecule has 31 heavy (non-hydrogen) atoms. The van der Waals surface area contributed by atoms with Crippen LogP contribution in [0.1, 0.15) is 43.5 Å². The van der Waals surface area contributed by atoms with Gasteiger partial charge in [-0.1, -0.05) is 37.9 Å². The lowest BCUT2D eigenvalue weighted by Gasteiger charge is -2.07. The van der Waals surface area contributed by atoms with Crippen molar-refractivity contribution in [3.05, 3.63) is 54.1 Å². The number of carbonyl (C=O) groups is 1. The Morgan fingerprint density at radius 2 is 1.84 bits per heavy atom. The van der Waals surface area contributed by atoms with E-state index in [1.807, 2.05) is 0 Å². The third-order valence-corrected chi connectivity index (χ3v) is 6.35. The molecule has 9 heteroatoms. The molecule has 3 aromatic rings. The molecule has 0 saturated carbocycles. The number of hydrogen-bond acceptors (Lipinski definition) is 7. The van der Waals surface area contributed by atoms with E-state index >= 15 is 0 Å². The summed E-state index contributed by atoms with van der Waals surface area (Å²) < 4.78 is 35.0. The molecule has 3 rings (SSSR count). The monoisotopic (exact) mass is 443 g/mol. The van der Waals surface area contributed by atoms with Gasteiger partial charge in [0.2, 0.25) is 5.89 Å². The van der Waals surface area contributed by atoms with E-state index in [-0.39, 0.29) is 22.6 Å². The van der Waals surface area contributed by atoms with E-state index in [1.54, 1.807) is 43.3 Å². The largest absolute Gasteiger partial charge is 0.494 e. The SMILES string of the molecule is CCCCCOc1cccc(C(=O)Nc2nnc(-c3ccc(S(=O)(=O)CC)cc3)o2)c1. The number of unbranched alkanes of at least 4 members (excludes halogenated alkanes) is 2. The summed E-state index contributed by atoms with van der Waals surface area (Å²) in [5.41, 5.74) is 0.951. The van der Waals surface area contributed by atoms with Gasteiger partial charge < -0.3 is 9.15 Å². The zero-order valence-corrected chi connectivity index (χ0v) is 18.3. The quantitative estimate of drug-likeness (QED) is 0.464. The molecule has 0 aliphatic heterocycles. The standard InChI is InChI=1S/C22H25N3O5S/c1-3-5-6-14-29-18-9-7-8-17(15-18)20(26)23-22-25-24-21(30-22)16-10-12-19(13-11-16)31(27,28)4-2/h7-13,15H,3-6,14H2,1-2H3,(H,23,25,26). The van der Waals surface area contributed by atoms with Crippen LogP contribution in [-0.4, -0.2) is 36.9 Å². The van der Waals surface area contributed by atoms with Crippen molar-refractivity contribution in [3.8, 4) is 17.2 Å². The van der Waals surface area contributed by atoms with Crippen LogP contribution in [-0.2, 0) is 9.84 Å². The Morgan fingerprint density at radius 3 is 2.55 bits per heavy atom. The summed E-state index contributed by atoms with van der Waals surface area (Å²) >= 11 is 0. The summed E-state index contributed by atoms with van der Waals surface area (Å²) in [6, 6.07) is 13.0. The molecule has 0 atom stereocenters. The Balaban J connectivity index is 1.65. The van der Waals surface area contributed by atoms with E-state index in [4.69, 9.17) is 9.15 Å². The highest BCUT2D eigenvalue weighted by Gasteiger charge is 2.15. The van der Waals surface area contributed by atoms with Crippen LogP contribution < -0.4 is 10.1 Å². The first kappa shape index (κ1) is 22.5. The van der Waals surface area contributed by atoms with Crippen LogP contribution in [0.4, 0.5) is 6.01 Å². The molecule has 0 fully saturated rings. The number of amides is 1. The van der Waals surface area contributed by atoms with Crippen LogP contribution in [0.15, 0.2) is 57.8 Å². The molecule has 0 saturated heterocycles. The van der Waals surface area contributed by atoms with Crippen LogP contribution >= 0.6 is 0 Å². The first-order valence-corrected chi connectivity index (χ1v) is 11.8. The molecule has 8 nitrogen and oxygen atoms in total. The molecule has 164 valence electrons. The van der Waals surface area contributed by atoms with Crippen molar-refractivity contribution in [2.45, 2.75) is 38.0 Å². The van der Waals surface area contributed by atoms with Gasteiger partial charge in [-0.15, -0.1) is 5.10 Å². The minimum absolute atomic E-state index is 0.0219. The van der Waals surface area contributed by atoms with Gasteiger partial charge in [0.25, 0.3) is 5.91 Å². The third kappa shape index (κ3) is 5.91. The molecule has 2 aromatic carbocycles. The van der Waals surface area contributed by atoms with Gasteiger partial charge in [-0.2, -0.15) is 0 Å². The molecule has 0 spiro atoms. The predicted molar refractivity (Wildman–Crippen MR) is 117 cm³/mol. The van der Waals surface area contributed by atoms with Crippen molar-refractivity contribution >= 4 is 21.8 Å². The van der Waals surface area contributed by atoms with Crippen LogP contribution in [0.2, 0.25) is 0 Å². The Morgan fingerprint density at radius 1 is 1.06 bits per heavy atom. The van der Waals surface area contributed by atoms with E-state index in [0.717, 1.165) is 19.3 Å². The number of aromatic nitrogens is 2. The number of carbonyl (C=O) groups excluding carboxylic acids is 1. The van der Waals surface area contributed by atoms with E-state index in [9.17, 15) is 13.2 Å². The minimum atomic E-state index is -3.29. The van der Waals surface area contributed by atoms with Gasteiger partial charge in [-0.25, -0.2) is 8.42 Å². The number of hydrogen-bond donors (Lipinski definition) is 1. The summed E-state index contributed by atoms with van der Waals surface area (Å²) in [6.07, 6.45) is 3.17. The van der Waals surface area contributed by atoms with Gasteiger partial charge in [-0.05, 0) is 48.9 Å². The summed E-state index contributed by atoms with van der Waals surface area (Å²) in [4.78, 5) is 12.7. The number of nitrogens with zero attached hydrogens (tertiary/aromatic N) is 2. The summed E-state index contributed by atoms with van der Waals surface area (Å²) in [6.45, 7) is 4.31. The lowest BCUT2D eigenvalue weighted by Crippen LogP contribution is -2.12. The Bertz CT molecular complexity index is 1120. The van der Waals surface area contributed by atoms with E-state index in [2.05, 4.69) is 22.4 Å². The minimum Gasteiger partial charge on any atom is -0.494 e. The summed E-state index contributed by atoms with van der Waals surface area (Å²) in [5, 5.41) is 10.3. The molecule has 1 N–H and O–H groups in total. The highest BCUT2D eigenvalue weighted by atomic mass is 32.2. The van der Waals surface area contributed by atoms with Crippen LogP contribution in [0.25, 0.3) is 11.5 Å².